The van der Waals surface area contributed by atoms with Gasteiger partial charge in [-0.3, -0.25) is 0 Å². The molecule has 1 heterocycles. The van der Waals surface area contributed by atoms with Crippen molar-refractivity contribution in [1.29, 1.82) is 0 Å². The molecule has 7 heteroatoms. The van der Waals surface area contributed by atoms with E-state index < -0.39 is 5.82 Å². The van der Waals surface area contributed by atoms with Crippen molar-refractivity contribution < 1.29 is 19.0 Å². The van der Waals surface area contributed by atoms with Crippen LogP contribution in [-0.2, 0) is 11.3 Å². The van der Waals surface area contributed by atoms with Gasteiger partial charge in [0.15, 0.2) is 18.4 Å². The average Bonchev–Trinajstić information content (AvgIpc) is 2.78. The molecule has 1 aromatic carbocycles. The highest BCUT2D eigenvalue weighted by molar-refractivity contribution is 5.39. The first-order valence-corrected chi connectivity index (χ1v) is 5.61. The summed E-state index contributed by atoms with van der Waals surface area (Å²) in [4.78, 5) is 0. The molecule has 1 aromatic heterocycles. The van der Waals surface area contributed by atoms with E-state index in [1.165, 1.54) is 23.9 Å². The maximum atomic E-state index is 13.8. The van der Waals surface area contributed by atoms with Crippen molar-refractivity contribution >= 4 is 0 Å². The van der Waals surface area contributed by atoms with Gasteiger partial charge in [-0.1, -0.05) is 5.21 Å². The number of aromatic nitrogens is 3. The van der Waals surface area contributed by atoms with Crippen molar-refractivity contribution in [3.63, 3.8) is 0 Å². The zero-order valence-electron chi connectivity index (χ0n) is 10.6. The predicted molar refractivity (Wildman–Crippen MR) is 64.5 cm³/mol. The highest BCUT2D eigenvalue weighted by atomic mass is 19.1. The van der Waals surface area contributed by atoms with E-state index >= 15 is 0 Å². The second kappa shape index (κ2) is 5.77. The van der Waals surface area contributed by atoms with E-state index in [2.05, 4.69) is 10.3 Å². The lowest BCUT2D eigenvalue weighted by Crippen LogP contribution is -2.03. The van der Waals surface area contributed by atoms with Gasteiger partial charge in [-0.2, -0.15) is 0 Å². The summed E-state index contributed by atoms with van der Waals surface area (Å²) in [5.41, 5.74) is 1.62. The van der Waals surface area contributed by atoms with E-state index in [1.54, 1.807) is 13.0 Å². The van der Waals surface area contributed by atoms with Crippen molar-refractivity contribution in [3.05, 3.63) is 35.4 Å². The molecular weight excluding hydrogens is 253 g/mol. The Labute approximate surface area is 109 Å². The summed E-state index contributed by atoms with van der Waals surface area (Å²) in [5, 5.41) is 16.7. The monoisotopic (exact) mass is 267 g/mol. The Morgan fingerprint density at radius 3 is 2.79 bits per heavy atom. The molecule has 0 atom stereocenters. The number of ether oxygens (including phenoxy) is 2. The third-order valence-corrected chi connectivity index (χ3v) is 2.63. The maximum absolute atomic E-state index is 13.8. The van der Waals surface area contributed by atoms with Crippen LogP contribution in [0.3, 0.4) is 0 Å². The van der Waals surface area contributed by atoms with Gasteiger partial charge in [-0.15, -0.1) is 5.10 Å². The number of hydrogen-bond acceptors (Lipinski definition) is 5. The van der Waals surface area contributed by atoms with Gasteiger partial charge in [0.2, 0.25) is 0 Å². The van der Waals surface area contributed by atoms with Crippen LogP contribution in [0.2, 0.25) is 0 Å². The van der Waals surface area contributed by atoms with E-state index in [0.29, 0.717) is 17.1 Å². The highest BCUT2D eigenvalue weighted by Gasteiger charge is 2.11. The van der Waals surface area contributed by atoms with Gasteiger partial charge in [-0.25, -0.2) is 9.07 Å². The zero-order chi connectivity index (χ0) is 13.8. The minimum atomic E-state index is -0.519. The molecular formula is C12H14FN3O3. The SMILES string of the molecule is COCOc1ccc(-n2nnc(CO)c2C)cc1F. The number of halogens is 1. The molecule has 0 fully saturated rings. The fourth-order valence-electron chi connectivity index (χ4n) is 1.61. The first kappa shape index (κ1) is 13.4. The molecule has 0 unspecified atom stereocenters. The van der Waals surface area contributed by atoms with Crippen LogP contribution < -0.4 is 4.74 Å². The molecule has 0 saturated heterocycles. The number of hydrogen-bond donors (Lipinski definition) is 1. The number of rotatable bonds is 5. The third kappa shape index (κ3) is 2.72. The van der Waals surface area contributed by atoms with Crippen LogP contribution in [0.1, 0.15) is 11.4 Å². The standard InChI is InChI=1S/C12H14FN3O3/c1-8-11(6-17)14-15-16(8)9-3-4-12(10(13)5-9)19-7-18-2/h3-5,17H,6-7H2,1-2H3. The number of aliphatic hydroxyl groups excluding tert-OH is 1. The van der Waals surface area contributed by atoms with Crippen molar-refractivity contribution in [1.82, 2.24) is 15.0 Å². The molecule has 0 aliphatic heterocycles. The molecule has 2 aromatic rings. The van der Waals surface area contributed by atoms with Crippen molar-refractivity contribution in [3.8, 4) is 11.4 Å². The van der Waals surface area contributed by atoms with Crippen LogP contribution in [0.5, 0.6) is 5.75 Å². The lowest BCUT2D eigenvalue weighted by atomic mass is 10.2. The van der Waals surface area contributed by atoms with Gasteiger partial charge in [0, 0.05) is 13.2 Å². The van der Waals surface area contributed by atoms with E-state index in [9.17, 15) is 4.39 Å². The lowest BCUT2D eigenvalue weighted by Gasteiger charge is -2.08. The fraction of sp³-hybridized carbons (Fsp3) is 0.333. The van der Waals surface area contributed by atoms with Gasteiger partial charge in [0.05, 0.1) is 18.0 Å². The highest BCUT2D eigenvalue weighted by Crippen LogP contribution is 2.21. The largest absolute Gasteiger partial charge is 0.464 e. The maximum Gasteiger partial charge on any atom is 0.188 e. The lowest BCUT2D eigenvalue weighted by molar-refractivity contribution is 0.0483. The van der Waals surface area contributed by atoms with Crippen molar-refractivity contribution in [2.45, 2.75) is 13.5 Å². The minimum Gasteiger partial charge on any atom is -0.464 e. The third-order valence-electron chi connectivity index (χ3n) is 2.63. The van der Waals surface area contributed by atoms with Crippen molar-refractivity contribution in [2.75, 3.05) is 13.9 Å². The van der Waals surface area contributed by atoms with Crippen LogP contribution in [-0.4, -0.2) is 34.0 Å². The average molecular weight is 267 g/mol. The minimum absolute atomic E-state index is 0.0206. The second-order valence-corrected chi connectivity index (χ2v) is 3.86. The number of benzene rings is 1. The van der Waals surface area contributed by atoms with Crippen LogP contribution in [0.4, 0.5) is 4.39 Å². The summed E-state index contributed by atoms with van der Waals surface area (Å²) in [6.45, 7) is 1.52. The summed E-state index contributed by atoms with van der Waals surface area (Å²) in [5.74, 6) is -0.416. The Morgan fingerprint density at radius 1 is 1.42 bits per heavy atom. The van der Waals surface area contributed by atoms with Crippen LogP contribution in [0.25, 0.3) is 5.69 Å². The second-order valence-electron chi connectivity index (χ2n) is 3.86. The molecule has 102 valence electrons. The van der Waals surface area contributed by atoms with Gasteiger partial charge >= 0.3 is 0 Å². The molecule has 0 radical (unpaired) electrons. The van der Waals surface area contributed by atoms with Gasteiger partial charge < -0.3 is 14.6 Å². The summed E-state index contributed by atoms with van der Waals surface area (Å²) < 4.78 is 25.0. The Bertz CT molecular complexity index is 571. The predicted octanol–water partition coefficient (Wildman–Crippen LogP) is 1.19. The normalized spacial score (nSPS) is 10.7. The quantitative estimate of drug-likeness (QED) is 0.824. The van der Waals surface area contributed by atoms with Crippen molar-refractivity contribution in [2.24, 2.45) is 0 Å². The zero-order valence-corrected chi connectivity index (χ0v) is 10.6. The first-order chi connectivity index (χ1) is 9.17. The molecule has 0 saturated carbocycles. The smallest absolute Gasteiger partial charge is 0.188 e. The van der Waals surface area contributed by atoms with Gasteiger partial charge in [0.25, 0.3) is 0 Å². The molecule has 0 aliphatic carbocycles. The molecule has 0 aliphatic rings. The van der Waals surface area contributed by atoms with E-state index in [0.717, 1.165) is 0 Å². The van der Waals surface area contributed by atoms with Crippen LogP contribution in [0.15, 0.2) is 18.2 Å². The summed E-state index contributed by atoms with van der Waals surface area (Å²) in [6.07, 6.45) is 0. The topological polar surface area (TPSA) is 69.4 Å². The van der Waals surface area contributed by atoms with E-state index in [1.807, 2.05) is 0 Å². The Hall–Kier alpha value is -1.99. The Morgan fingerprint density at radius 2 is 2.21 bits per heavy atom. The van der Waals surface area contributed by atoms with Gasteiger partial charge in [-0.05, 0) is 19.1 Å². The molecule has 1 N–H and O–H groups in total. The number of aliphatic hydroxyl groups is 1. The fourth-order valence-corrected chi connectivity index (χ4v) is 1.61. The summed E-state index contributed by atoms with van der Waals surface area (Å²) >= 11 is 0. The summed E-state index contributed by atoms with van der Waals surface area (Å²) in [7, 11) is 1.46. The van der Waals surface area contributed by atoms with Crippen LogP contribution in [0, 0.1) is 12.7 Å². The molecule has 0 spiro atoms. The molecule has 6 nitrogen and oxygen atoms in total. The molecule has 2 rings (SSSR count). The van der Waals surface area contributed by atoms with Crippen LogP contribution >= 0.6 is 0 Å². The van der Waals surface area contributed by atoms with E-state index in [4.69, 9.17) is 14.6 Å². The Kier molecular flexibility index (Phi) is 4.08. The number of methoxy groups -OCH3 is 1. The van der Waals surface area contributed by atoms with Gasteiger partial charge in [0.1, 0.15) is 5.69 Å². The number of nitrogens with zero attached hydrogens (tertiary/aromatic N) is 3. The molecule has 0 bridgehead atoms. The summed E-state index contributed by atoms with van der Waals surface area (Å²) in [6, 6.07) is 4.42. The molecule has 0 amide bonds. The molecule has 19 heavy (non-hydrogen) atoms. The van der Waals surface area contributed by atoms with E-state index in [-0.39, 0.29) is 19.1 Å². The Balaban J connectivity index is 2.30. The first-order valence-electron chi connectivity index (χ1n) is 5.61.